The van der Waals surface area contributed by atoms with E-state index < -0.39 is 5.41 Å². The molecule has 86 valence electrons. The first-order chi connectivity index (χ1) is 7.55. The van der Waals surface area contributed by atoms with E-state index in [4.69, 9.17) is 0 Å². The molecule has 3 unspecified atom stereocenters. The average Bonchev–Trinajstić information content (AvgIpc) is 2.74. The Labute approximate surface area is 95.8 Å². The van der Waals surface area contributed by atoms with Gasteiger partial charge in [-0.15, -0.1) is 13.2 Å². The van der Waals surface area contributed by atoms with Crippen LogP contribution in [0, 0.1) is 17.3 Å². The van der Waals surface area contributed by atoms with Gasteiger partial charge in [0, 0.05) is 13.5 Å². The van der Waals surface area contributed by atoms with Crippen molar-refractivity contribution >= 4 is 11.8 Å². The Morgan fingerprint density at radius 1 is 1.38 bits per heavy atom. The van der Waals surface area contributed by atoms with Crippen molar-refractivity contribution in [3.05, 3.63) is 25.3 Å². The van der Waals surface area contributed by atoms with Crippen LogP contribution in [0.15, 0.2) is 25.3 Å². The lowest BCUT2D eigenvalue weighted by Crippen LogP contribution is -2.35. The molecule has 2 aliphatic rings. The van der Waals surface area contributed by atoms with Crippen LogP contribution in [-0.4, -0.2) is 23.8 Å². The lowest BCUT2D eigenvalue weighted by atomic mass is 9.76. The van der Waals surface area contributed by atoms with Gasteiger partial charge in [-0.05, 0) is 24.7 Å². The van der Waals surface area contributed by atoms with E-state index in [2.05, 4.69) is 13.2 Å². The van der Waals surface area contributed by atoms with E-state index >= 15 is 0 Å². The van der Waals surface area contributed by atoms with Gasteiger partial charge in [-0.2, -0.15) is 0 Å². The van der Waals surface area contributed by atoms with Crippen LogP contribution in [0.25, 0.3) is 0 Å². The van der Waals surface area contributed by atoms with Crippen LogP contribution in [0.4, 0.5) is 0 Å². The summed E-state index contributed by atoms with van der Waals surface area (Å²) in [6.45, 7) is 7.58. The summed E-state index contributed by atoms with van der Waals surface area (Å²) in [5.74, 6) is 0.330. The molecule has 16 heavy (non-hydrogen) atoms. The number of likely N-dealkylation sites (tertiary alicyclic amines) is 1. The predicted molar refractivity (Wildman–Crippen MR) is 61.4 cm³/mol. The summed E-state index contributed by atoms with van der Waals surface area (Å²) in [4.78, 5) is 25.1. The Hall–Kier alpha value is -1.38. The molecule has 1 spiro atoms. The zero-order valence-corrected chi connectivity index (χ0v) is 9.61. The molecule has 0 N–H and O–H groups in total. The maximum atomic E-state index is 12.2. The smallest absolute Gasteiger partial charge is 0.236 e. The highest BCUT2D eigenvalue weighted by atomic mass is 16.2. The fourth-order valence-electron chi connectivity index (χ4n) is 3.12. The Morgan fingerprint density at radius 3 is 2.50 bits per heavy atom. The summed E-state index contributed by atoms with van der Waals surface area (Å²) in [6, 6.07) is 0. The maximum absolute atomic E-state index is 12.2. The molecule has 0 aromatic rings. The van der Waals surface area contributed by atoms with E-state index in [1.165, 1.54) is 4.90 Å². The molecule has 1 aliphatic carbocycles. The zero-order valence-electron chi connectivity index (χ0n) is 9.61. The third-order valence-corrected chi connectivity index (χ3v) is 4.08. The van der Waals surface area contributed by atoms with Gasteiger partial charge < -0.3 is 0 Å². The molecule has 1 heterocycles. The highest BCUT2D eigenvalue weighted by Crippen LogP contribution is 2.53. The first-order valence-corrected chi connectivity index (χ1v) is 5.61. The van der Waals surface area contributed by atoms with Gasteiger partial charge >= 0.3 is 0 Å². The molecule has 3 atom stereocenters. The van der Waals surface area contributed by atoms with Gasteiger partial charge in [0.05, 0.1) is 5.41 Å². The number of carbonyl (C=O) groups excluding carboxylic acids is 2. The molecule has 0 aromatic carbocycles. The fraction of sp³-hybridized carbons (Fsp3) is 0.538. The van der Waals surface area contributed by atoms with Gasteiger partial charge in [0.25, 0.3) is 0 Å². The molecule has 1 saturated carbocycles. The predicted octanol–water partition coefficient (Wildman–Crippen LogP) is 1.76. The van der Waals surface area contributed by atoms with Crippen LogP contribution in [0.5, 0.6) is 0 Å². The normalized spacial score (nSPS) is 38.4. The van der Waals surface area contributed by atoms with E-state index in [1.807, 2.05) is 12.2 Å². The molecule has 1 saturated heterocycles. The molecule has 2 amide bonds. The van der Waals surface area contributed by atoms with Gasteiger partial charge in [-0.25, -0.2) is 0 Å². The van der Waals surface area contributed by atoms with Crippen molar-refractivity contribution in [3.8, 4) is 0 Å². The lowest BCUT2D eigenvalue weighted by molar-refractivity contribution is -0.140. The molecule has 2 rings (SSSR count). The summed E-state index contributed by atoms with van der Waals surface area (Å²) in [5, 5.41) is 0. The van der Waals surface area contributed by atoms with Gasteiger partial charge in [0.1, 0.15) is 0 Å². The number of nitrogens with zero attached hydrogens (tertiary/aromatic N) is 1. The third-order valence-electron chi connectivity index (χ3n) is 4.08. The zero-order chi connectivity index (χ0) is 11.9. The average molecular weight is 219 g/mol. The number of imide groups is 1. The Kier molecular flexibility index (Phi) is 2.49. The summed E-state index contributed by atoms with van der Waals surface area (Å²) >= 11 is 0. The van der Waals surface area contributed by atoms with Crippen LogP contribution in [0.2, 0.25) is 0 Å². The minimum absolute atomic E-state index is 0.0354. The van der Waals surface area contributed by atoms with Crippen molar-refractivity contribution in [2.45, 2.75) is 19.3 Å². The molecular weight excluding hydrogens is 202 g/mol. The van der Waals surface area contributed by atoms with Crippen molar-refractivity contribution in [2.75, 3.05) is 7.05 Å². The van der Waals surface area contributed by atoms with Crippen LogP contribution < -0.4 is 0 Å². The molecule has 0 bridgehead atoms. The van der Waals surface area contributed by atoms with Crippen molar-refractivity contribution in [3.63, 3.8) is 0 Å². The Bertz CT molecular complexity index is 374. The van der Waals surface area contributed by atoms with E-state index in [0.717, 1.165) is 12.8 Å². The summed E-state index contributed by atoms with van der Waals surface area (Å²) in [5.41, 5.74) is -0.521. The van der Waals surface area contributed by atoms with Crippen molar-refractivity contribution in [1.29, 1.82) is 0 Å². The molecule has 2 fully saturated rings. The minimum Gasteiger partial charge on any atom is -0.285 e. The van der Waals surface area contributed by atoms with Crippen molar-refractivity contribution < 1.29 is 9.59 Å². The van der Waals surface area contributed by atoms with Gasteiger partial charge in [-0.3, -0.25) is 14.5 Å². The molecular formula is C13H17NO2. The summed E-state index contributed by atoms with van der Waals surface area (Å²) < 4.78 is 0. The third kappa shape index (κ3) is 1.27. The largest absolute Gasteiger partial charge is 0.285 e. The minimum atomic E-state index is -0.521. The van der Waals surface area contributed by atoms with Crippen LogP contribution >= 0.6 is 0 Å². The number of allylic oxidation sites excluding steroid dienone is 2. The van der Waals surface area contributed by atoms with Crippen molar-refractivity contribution in [1.82, 2.24) is 4.90 Å². The maximum Gasteiger partial charge on any atom is 0.236 e. The van der Waals surface area contributed by atoms with E-state index in [9.17, 15) is 9.59 Å². The van der Waals surface area contributed by atoms with E-state index in [1.54, 1.807) is 7.05 Å². The number of hydrogen-bond acceptors (Lipinski definition) is 2. The summed E-state index contributed by atoms with van der Waals surface area (Å²) in [7, 11) is 1.57. The van der Waals surface area contributed by atoms with Crippen molar-refractivity contribution in [2.24, 2.45) is 17.3 Å². The second kappa shape index (κ2) is 3.58. The first kappa shape index (κ1) is 11.1. The van der Waals surface area contributed by atoms with Crippen LogP contribution in [0.1, 0.15) is 19.3 Å². The van der Waals surface area contributed by atoms with E-state index in [-0.39, 0.29) is 17.7 Å². The molecule has 0 radical (unpaired) electrons. The SMILES string of the molecule is C=CC1CC(C=C)C2(CC(=O)N(C)C2=O)C1. The fourth-order valence-corrected chi connectivity index (χ4v) is 3.12. The number of hydrogen-bond donors (Lipinski definition) is 0. The topological polar surface area (TPSA) is 37.4 Å². The molecule has 1 aliphatic heterocycles. The molecule has 3 nitrogen and oxygen atoms in total. The monoisotopic (exact) mass is 219 g/mol. The number of carbonyl (C=O) groups is 2. The Morgan fingerprint density at radius 2 is 2.06 bits per heavy atom. The highest BCUT2D eigenvalue weighted by Gasteiger charge is 2.57. The molecule has 3 heteroatoms. The van der Waals surface area contributed by atoms with E-state index in [0.29, 0.717) is 12.3 Å². The second-order valence-electron chi connectivity index (χ2n) is 4.87. The van der Waals surface area contributed by atoms with Crippen LogP contribution in [0.3, 0.4) is 0 Å². The highest BCUT2D eigenvalue weighted by molar-refractivity contribution is 6.06. The number of amides is 2. The Balaban J connectivity index is 2.37. The summed E-state index contributed by atoms with van der Waals surface area (Å²) in [6.07, 6.45) is 5.68. The first-order valence-electron chi connectivity index (χ1n) is 5.61. The standard InChI is InChI=1S/C13H17NO2/c1-4-9-6-10(5-2)13(7-9)8-11(15)14(3)12(13)16/h4-5,9-10H,1-2,6-8H2,3H3. The van der Waals surface area contributed by atoms with Crippen LogP contribution in [-0.2, 0) is 9.59 Å². The van der Waals surface area contributed by atoms with Gasteiger partial charge in [0.2, 0.25) is 11.8 Å². The number of rotatable bonds is 2. The lowest BCUT2D eigenvalue weighted by Gasteiger charge is -2.25. The second-order valence-corrected chi connectivity index (χ2v) is 4.87. The quantitative estimate of drug-likeness (QED) is 0.524. The van der Waals surface area contributed by atoms with Gasteiger partial charge in [-0.1, -0.05) is 12.2 Å². The van der Waals surface area contributed by atoms with Gasteiger partial charge in [0.15, 0.2) is 0 Å². The molecule has 0 aromatic heterocycles.